The predicted octanol–water partition coefficient (Wildman–Crippen LogP) is 1.55. The van der Waals surface area contributed by atoms with Crippen LogP contribution in [0.25, 0.3) is 6.08 Å². The molecule has 0 bridgehead atoms. The molecule has 4 heterocycles. The second-order valence-corrected chi connectivity index (χ2v) is 7.26. The lowest BCUT2D eigenvalue weighted by molar-refractivity contribution is -0.124. The molecule has 7 nitrogen and oxygen atoms in total. The van der Waals surface area contributed by atoms with Gasteiger partial charge in [0.05, 0.1) is 37.2 Å². The molecule has 1 amide bonds. The number of benzene rings is 1. The summed E-state index contributed by atoms with van der Waals surface area (Å²) in [7, 11) is 0. The van der Waals surface area contributed by atoms with Crippen LogP contribution < -0.4 is 9.47 Å². The summed E-state index contributed by atoms with van der Waals surface area (Å²) in [5, 5.41) is 19.8. The predicted molar refractivity (Wildman–Crippen MR) is 102 cm³/mol. The molecule has 4 aliphatic rings. The number of aliphatic imine (C=N–C) groups is 1. The molecule has 1 aromatic carbocycles. The maximum atomic E-state index is 13.0. The number of allylic oxidation sites excluding steroid dienone is 2. The third-order valence-electron chi connectivity index (χ3n) is 5.61. The Labute approximate surface area is 161 Å². The van der Waals surface area contributed by atoms with Crippen molar-refractivity contribution < 1.29 is 24.5 Å². The first-order valence-corrected chi connectivity index (χ1v) is 9.28. The molecular formula is C21H20N2O5. The zero-order valence-electron chi connectivity index (χ0n) is 15.4. The van der Waals surface area contributed by atoms with Gasteiger partial charge in [0.25, 0.3) is 5.91 Å². The van der Waals surface area contributed by atoms with Gasteiger partial charge in [-0.3, -0.25) is 9.79 Å². The Morgan fingerprint density at radius 2 is 2.07 bits per heavy atom. The summed E-state index contributed by atoms with van der Waals surface area (Å²) < 4.78 is 11.0. The van der Waals surface area contributed by atoms with Gasteiger partial charge in [-0.2, -0.15) is 0 Å². The summed E-state index contributed by atoms with van der Waals surface area (Å²) in [5.74, 6) is 1.17. The molecule has 1 fully saturated rings. The molecule has 1 saturated heterocycles. The molecule has 2 N–H and O–H groups in total. The normalized spacial score (nSPS) is 21.2. The van der Waals surface area contributed by atoms with Crippen molar-refractivity contribution in [1.29, 1.82) is 0 Å². The summed E-state index contributed by atoms with van der Waals surface area (Å²) in [4.78, 5) is 19.5. The first kappa shape index (κ1) is 17.2. The maximum absolute atomic E-state index is 13.0. The quantitative estimate of drug-likeness (QED) is 0.812. The van der Waals surface area contributed by atoms with Crippen LogP contribution >= 0.6 is 0 Å². The average molecular weight is 380 g/mol. The third-order valence-corrected chi connectivity index (χ3v) is 5.61. The van der Waals surface area contributed by atoms with Crippen molar-refractivity contribution in [3.8, 4) is 11.5 Å². The molecule has 0 aromatic heterocycles. The highest BCUT2D eigenvalue weighted by Gasteiger charge is 2.37. The number of nitrogens with zero attached hydrogens (tertiary/aromatic N) is 2. The van der Waals surface area contributed by atoms with E-state index in [2.05, 4.69) is 0 Å². The van der Waals surface area contributed by atoms with Crippen LogP contribution in [0.4, 0.5) is 0 Å². The van der Waals surface area contributed by atoms with Crippen LogP contribution in [-0.4, -0.2) is 52.8 Å². The molecule has 144 valence electrons. The molecule has 28 heavy (non-hydrogen) atoms. The number of hydrogen-bond donors (Lipinski definition) is 2. The smallest absolute Gasteiger partial charge is 0.256 e. The van der Waals surface area contributed by atoms with E-state index >= 15 is 0 Å². The first-order valence-electron chi connectivity index (χ1n) is 9.28. The standard InChI is InChI=1S/C21H20N2O5/c1-11(25)15-2-3-17-20-14(8-23(17)21(26)16(15)9-24)4-12-5-18-19(28-10-27-18)6-13(12)7-22-20/h3-6,11,24-25H,2,7-10H2,1H3. The minimum Gasteiger partial charge on any atom is -0.454 e. The van der Waals surface area contributed by atoms with Gasteiger partial charge >= 0.3 is 0 Å². The van der Waals surface area contributed by atoms with Crippen molar-refractivity contribution in [3.05, 3.63) is 51.8 Å². The van der Waals surface area contributed by atoms with E-state index in [0.29, 0.717) is 30.8 Å². The Hall–Kier alpha value is -2.90. The van der Waals surface area contributed by atoms with Gasteiger partial charge in [0.1, 0.15) is 0 Å². The Balaban J connectivity index is 1.57. The number of carbonyl (C=O) groups is 1. The van der Waals surface area contributed by atoms with Crippen LogP contribution in [0.1, 0.15) is 24.5 Å². The van der Waals surface area contributed by atoms with E-state index in [0.717, 1.165) is 33.9 Å². The van der Waals surface area contributed by atoms with E-state index in [4.69, 9.17) is 14.5 Å². The Morgan fingerprint density at radius 1 is 1.29 bits per heavy atom. The van der Waals surface area contributed by atoms with E-state index in [-0.39, 0.29) is 18.3 Å². The van der Waals surface area contributed by atoms with E-state index in [1.807, 2.05) is 24.3 Å². The fourth-order valence-corrected chi connectivity index (χ4v) is 4.15. The Bertz CT molecular complexity index is 1020. The minimum absolute atomic E-state index is 0.223. The summed E-state index contributed by atoms with van der Waals surface area (Å²) in [5.41, 5.74) is 5.36. The summed E-state index contributed by atoms with van der Waals surface area (Å²) in [6.07, 6.45) is 3.58. The van der Waals surface area contributed by atoms with E-state index in [1.165, 1.54) is 0 Å². The highest BCUT2D eigenvalue weighted by Crippen LogP contribution is 2.39. The molecule has 0 saturated carbocycles. The van der Waals surface area contributed by atoms with Crippen LogP contribution in [-0.2, 0) is 11.3 Å². The lowest BCUT2D eigenvalue weighted by Crippen LogP contribution is -2.30. The number of hydrogen-bond acceptors (Lipinski definition) is 6. The van der Waals surface area contributed by atoms with E-state index < -0.39 is 12.7 Å². The zero-order valence-corrected chi connectivity index (χ0v) is 15.4. The molecule has 0 spiro atoms. The molecule has 1 atom stereocenters. The lowest BCUT2D eigenvalue weighted by Gasteiger charge is -2.18. The lowest BCUT2D eigenvalue weighted by atomic mass is 9.99. The molecule has 0 radical (unpaired) electrons. The largest absolute Gasteiger partial charge is 0.454 e. The second kappa shape index (κ2) is 6.32. The van der Waals surface area contributed by atoms with Crippen molar-refractivity contribution in [3.63, 3.8) is 0 Å². The highest BCUT2D eigenvalue weighted by molar-refractivity contribution is 6.21. The maximum Gasteiger partial charge on any atom is 0.256 e. The fraction of sp³-hybridized carbons (Fsp3) is 0.333. The topological polar surface area (TPSA) is 91.6 Å². The van der Waals surface area contributed by atoms with E-state index in [9.17, 15) is 15.0 Å². The zero-order chi connectivity index (χ0) is 19.4. The number of aliphatic hydroxyl groups is 2. The molecule has 4 aliphatic heterocycles. The van der Waals surface area contributed by atoms with Gasteiger partial charge in [-0.15, -0.1) is 0 Å². The van der Waals surface area contributed by atoms with Crippen molar-refractivity contribution in [2.24, 2.45) is 4.99 Å². The van der Waals surface area contributed by atoms with Crippen LogP contribution in [0.15, 0.2) is 45.6 Å². The van der Waals surface area contributed by atoms with Gasteiger partial charge in [0, 0.05) is 5.57 Å². The summed E-state index contributed by atoms with van der Waals surface area (Å²) in [6, 6.07) is 3.91. The molecule has 1 aromatic rings. The first-order chi connectivity index (χ1) is 13.6. The number of fused-ring (bicyclic) bond motifs is 5. The number of carbonyl (C=O) groups excluding carboxylic acids is 1. The minimum atomic E-state index is -0.791. The fourth-order valence-electron chi connectivity index (χ4n) is 4.15. The summed E-state index contributed by atoms with van der Waals surface area (Å²) >= 11 is 0. The number of amides is 1. The number of rotatable bonds is 2. The van der Waals surface area contributed by atoms with Gasteiger partial charge in [0.15, 0.2) is 11.5 Å². The van der Waals surface area contributed by atoms with Crippen LogP contribution in [0.5, 0.6) is 11.5 Å². The Kier molecular flexibility index (Phi) is 3.89. The van der Waals surface area contributed by atoms with Gasteiger partial charge in [0.2, 0.25) is 6.79 Å². The van der Waals surface area contributed by atoms with Crippen molar-refractivity contribution in [1.82, 2.24) is 4.90 Å². The third kappa shape index (κ3) is 2.51. The van der Waals surface area contributed by atoms with Gasteiger partial charge in [-0.1, -0.05) is 6.08 Å². The molecule has 7 heteroatoms. The SMILES string of the molecule is CC(O)C1=C(CO)C(=O)N2CC3=Cc4cc5c(cc4CN=C3C2=CC1)OCO5. The van der Waals surface area contributed by atoms with Crippen molar-refractivity contribution >= 4 is 17.7 Å². The number of ether oxygens (including phenoxy) is 2. The molecular weight excluding hydrogens is 360 g/mol. The van der Waals surface area contributed by atoms with E-state index in [1.54, 1.807) is 11.8 Å². The van der Waals surface area contributed by atoms with Gasteiger partial charge < -0.3 is 24.6 Å². The average Bonchev–Trinajstić information content (AvgIpc) is 3.17. The Morgan fingerprint density at radius 3 is 2.82 bits per heavy atom. The van der Waals surface area contributed by atoms with Gasteiger partial charge in [-0.05, 0) is 53.8 Å². The van der Waals surface area contributed by atoms with Crippen LogP contribution in [0.3, 0.4) is 0 Å². The van der Waals surface area contributed by atoms with Crippen molar-refractivity contribution in [2.45, 2.75) is 26.0 Å². The highest BCUT2D eigenvalue weighted by atomic mass is 16.7. The second-order valence-electron chi connectivity index (χ2n) is 7.26. The van der Waals surface area contributed by atoms with Crippen LogP contribution in [0.2, 0.25) is 0 Å². The van der Waals surface area contributed by atoms with Crippen LogP contribution in [0, 0.1) is 0 Å². The molecule has 1 unspecified atom stereocenters. The molecule has 5 rings (SSSR count). The van der Waals surface area contributed by atoms with Crippen molar-refractivity contribution in [2.75, 3.05) is 19.9 Å². The summed E-state index contributed by atoms with van der Waals surface area (Å²) in [6.45, 7) is 2.30. The molecule has 0 aliphatic carbocycles. The van der Waals surface area contributed by atoms with Gasteiger partial charge in [-0.25, -0.2) is 0 Å². The monoisotopic (exact) mass is 380 g/mol. The number of aliphatic hydroxyl groups excluding tert-OH is 2.